The minimum Gasteiger partial charge on any atom is -0.494 e. The fourth-order valence-corrected chi connectivity index (χ4v) is 3.05. The number of benzene rings is 2. The third kappa shape index (κ3) is 3.51. The summed E-state index contributed by atoms with van der Waals surface area (Å²) in [4.78, 5) is 12.1. The lowest BCUT2D eigenvalue weighted by Gasteiger charge is -2.39. The number of hydrogen-bond acceptors (Lipinski definition) is 3. The molecule has 0 atom stereocenters. The lowest BCUT2D eigenvalue weighted by atomic mass is 9.84. The summed E-state index contributed by atoms with van der Waals surface area (Å²) in [5.74, 6) is -28.7. The molecule has 0 unspecified atom stereocenters. The summed E-state index contributed by atoms with van der Waals surface area (Å²) in [7, 11) is 0. The Morgan fingerprint density at radius 3 is 1.21 bits per heavy atom. The number of anilines is 2. The summed E-state index contributed by atoms with van der Waals surface area (Å²) in [5.41, 5.74) is -6.46. The highest BCUT2D eigenvalue weighted by atomic mass is 19.2. The van der Waals surface area contributed by atoms with Gasteiger partial charge in [-0.1, -0.05) is 20.8 Å². The van der Waals surface area contributed by atoms with Gasteiger partial charge in [-0.2, -0.15) is 0 Å². The van der Waals surface area contributed by atoms with Crippen molar-refractivity contribution in [3.05, 3.63) is 76.3 Å². The quantitative estimate of drug-likeness (QED) is 0.325. The first-order valence-electron chi connectivity index (χ1n) is 8.91. The van der Waals surface area contributed by atoms with Crippen LogP contribution < -0.4 is 9.80 Å². The molecule has 2 radical (unpaired) electrons. The van der Waals surface area contributed by atoms with Gasteiger partial charge in [-0.05, 0) is 5.41 Å². The lowest BCUT2D eigenvalue weighted by molar-refractivity contribution is -0.116. The lowest BCUT2D eigenvalue weighted by Crippen LogP contribution is -2.48. The van der Waals surface area contributed by atoms with E-state index in [0.717, 1.165) is 0 Å². The zero-order valence-corrected chi connectivity index (χ0v) is 17.0. The van der Waals surface area contributed by atoms with Crippen molar-refractivity contribution in [1.82, 2.24) is 0 Å². The van der Waals surface area contributed by atoms with E-state index in [4.69, 9.17) is 0 Å². The van der Waals surface area contributed by atoms with Crippen LogP contribution in [-0.2, 0) is 4.79 Å². The standard InChI is InChI=1S/C20H10F10N2O2/c1-20(2,3)5-18(33)31(16-12(27)8(23)6(21)9(24)13(16)28)4-32(19(5)34)17-14(29)10(25)7(22)11(26)15(17)30/h33H,1-3H3. The van der Waals surface area contributed by atoms with Crippen molar-refractivity contribution in [2.75, 3.05) is 9.80 Å². The topological polar surface area (TPSA) is 43.8 Å². The molecule has 0 spiro atoms. The van der Waals surface area contributed by atoms with Crippen LogP contribution in [0.25, 0.3) is 0 Å². The maximum Gasteiger partial charge on any atom is 0.262 e. The van der Waals surface area contributed by atoms with Gasteiger partial charge in [0.05, 0.1) is 5.57 Å². The first-order valence-corrected chi connectivity index (χ1v) is 8.91. The van der Waals surface area contributed by atoms with Gasteiger partial charge < -0.3 is 5.11 Å². The van der Waals surface area contributed by atoms with E-state index in [9.17, 15) is 53.8 Å². The number of aliphatic hydroxyl groups excluding tert-OH is 1. The monoisotopic (exact) mass is 500 g/mol. The number of aliphatic hydroxyl groups is 1. The van der Waals surface area contributed by atoms with Crippen molar-refractivity contribution in [2.24, 2.45) is 5.41 Å². The third-order valence-corrected chi connectivity index (χ3v) is 4.62. The Hall–Kier alpha value is -3.45. The number of nitrogens with zero attached hydrogens (tertiary/aromatic N) is 2. The fourth-order valence-electron chi connectivity index (χ4n) is 3.05. The summed E-state index contributed by atoms with van der Waals surface area (Å²) in [6.45, 7) is 4.96. The Morgan fingerprint density at radius 1 is 0.588 bits per heavy atom. The Bertz CT molecular complexity index is 1210. The minimum atomic E-state index is -2.60. The Balaban J connectivity index is 2.39. The van der Waals surface area contributed by atoms with Crippen molar-refractivity contribution in [3.8, 4) is 0 Å². The van der Waals surface area contributed by atoms with Gasteiger partial charge >= 0.3 is 0 Å². The van der Waals surface area contributed by atoms with E-state index in [1.165, 1.54) is 27.4 Å². The number of amides is 1. The number of carbonyl (C=O) groups is 1. The van der Waals surface area contributed by atoms with Crippen molar-refractivity contribution in [3.63, 3.8) is 0 Å². The van der Waals surface area contributed by atoms with E-state index in [1.807, 2.05) is 0 Å². The molecule has 0 saturated heterocycles. The van der Waals surface area contributed by atoms with Crippen LogP contribution in [0.3, 0.4) is 0 Å². The van der Waals surface area contributed by atoms with Gasteiger partial charge in [0, 0.05) is 0 Å². The minimum absolute atomic E-state index is 0.365. The van der Waals surface area contributed by atoms with Crippen LogP contribution in [0, 0.1) is 70.3 Å². The molecule has 1 aliphatic heterocycles. The molecule has 0 aromatic heterocycles. The molecule has 1 heterocycles. The van der Waals surface area contributed by atoms with Crippen molar-refractivity contribution in [2.45, 2.75) is 20.8 Å². The fraction of sp³-hybridized carbons (Fsp3) is 0.200. The van der Waals surface area contributed by atoms with Gasteiger partial charge in [0.25, 0.3) is 5.91 Å². The maximum absolute atomic E-state index is 14.4. The average Bonchev–Trinajstić information content (AvgIpc) is 2.75. The van der Waals surface area contributed by atoms with Crippen LogP contribution in [0.1, 0.15) is 20.8 Å². The first-order chi connectivity index (χ1) is 15.5. The normalized spacial score (nSPS) is 15.0. The number of hydrogen-bond donors (Lipinski definition) is 1. The highest BCUT2D eigenvalue weighted by molar-refractivity contribution is 6.10. The van der Waals surface area contributed by atoms with Crippen molar-refractivity contribution >= 4 is 17.3 Å². The van der Waals surface area contributed by atoms with E-state index in [0.29, 0.717) is 0 Å². The molecular formula is C20H10F10N2O2. The molecule has 0 aliphatic carbocycles. The molecule has 2 aromatic carbocycles. The van der Waals surface area contributed by atoms with E-state index in [2.05, 4.69) is 0 Å². The Kier molecular flexibility index (Phi) is 5.99. The van der Waals surface area contributed by atoms with Crippen LogP contribution in [0.5, 0.6) is 0 Å². The molecule has 34 heavy (non-hydrogen) atoms. The molecule has 2 aromatic rings. The number of carbonyl (C=O) groups excluding carboxylic acids is 1. The largest absolute Gasteiger partial charge is 0.494 e. The van der Waals surface area contributed by atoms with Gasteiger partial charge in [0.1, 0.15) is 11.4 Å². The average molecular weight is 500 g/mol. The molecule has 182 valence electrons. The molecular weight excluding hydrogens is 490 g/mol. The molecule has 0 fully saturated rings. The van der Waals surface area contributed by atoms with Crippen LogP contribution in [-0.4, -0.2) is 11.0 Å². The number of halogens is 10. The first kappa shape index (κ1) is 25.2. The zero-order valence-electron chi connectivity index (χ0n) is 17.0. The predicted octanol–water partition coefficient (Wildman–Crippen LogP) is 5.74. The second kappa shape index (κ2) is 8.09. The van der Waals surface area contributed by atoms with Gasteiger partial charge in [0.2, 0.25) is 24.2 Å². The molecule has 0 saturated carbocycles. The van der Waals surface area contributed by atoms with E-state index < -0.39 is 97.2 Å². The smallest absolute Gasteiger partial charge is 0.262 e. The van der Waals surface area contributed by atoms with Gasteiger partial charge in [-0.15, -0.1) is 0 Å². The highest BCUT2D eigenvalue weighted by Gasteiger charge is 2.46. The van der Waals surface area contributed by atoms with Crippen molar-refractivity contribution in [1.29, 1.82) is 0 Å². The number of rotatable bonds is 2. The zero-order chi connectivity index (χ0) is 26.0. The molecule has 14 heteroatoms. The summed E-state index contributed by atoms with van der Waals surface area (Å²) >= 11 is 0. The molecule has 0 bridgehead atoms. The van der Waals surface area contributed by atoms with Gasteiger partial charge in [-0.3, -0.25) is 14.6 Å². The predicted molar refractivity (Wildman–Crippen MR) is 94.8 cm³/mol. The molecule has 1 amide bonds. The molecule has 1 N–H and O–H groups in total. The second-order valence-electron chi connectivity index (χ2n) is 7.86. The summed E-state index contributed by atoms with van der Waals surface area (Å²) in [6, 6.07) is 0. The van der Waals surface area contributed by atoms with Crippen molar-refractivity contribution < 1.29 is 53.8 Å². The SMILES string of the molecule is CC(C)(C)C1=C(O)N(c2c(F)c(F)c(F)c(F)c2F)[C]N(c2c(F)c(F)c(F)c(F)c2F)C1=O. The Labute approximate surface area is 184 Å². The maximum atomic E-state index is 14.4. The van der Waals surface area contributed by atoms with E-state index >= 15 is 0 Å². The third-order valence-electron chi connectivity index (χ3n) is 4.62. The van der Waals surface area contributed by atoms with Gasteiger partial charge in [-0.25, -0.2) is 43.9 Å². The highest BCUT2D eigenvalue weighted by Crippen LogP contribution is 2.43. The second-order valence-corrected chi connectivity index (χ2v) is 7.86. The summed E-state index contributed by atoms with van der Waals surface area (Å²) < 4.78 is 139. The van der Waals surface area contributed by atoms with Crippen LogP contribution in [0.4, 0.5) is 55.3 Å². The van der Waals surface area contributed by atoms with E-state index in [-0.39, 0.29) is 4.90 Å². The Morgan fingerprint density at radius 2 is 0.882 bits per heavy atom. The summed E-state index contributed by atoms with van der Waals surface area (Å²) in [6.07, 6.45) is 0. The van der Waals surface area contributed by atoms with Gasteiger partial charge in [0.15, 0.2) is 46.5 Å². The van der Waals surface area contributed by atoms with E-state index in [1.54, 1.807) is 0 Å². The summed E-state index contributed by atoms with van der Waals surface area (Å²) in [5, 5.41) is 10.5. The van der Waals surface area contributed by atoms with Crippen LogP contribution >= 0.6 is 0 Å². The molecule has 1 aliphatic rings. The molecule has 3 rings (SSSR count). The van der Waals surface area contributed by atoms with Crippen LogP contribution in [0.2, 0.25) is 0 Å². The van der Waals surface area contributed by atoms with Crippen LogP contribution in [0.15, 0.2) is 11.5 Å². The molecule has 4 nitrogen and oxygen atoms in total.